The van der Waals surface area contributed by atoms with E-state index in [0.717, 1.165) is 5.56 Å². The number of fused-ring (bicyclic) bond motifs is 1. The molecule has 0 atom stereocenters. The van der Waals surface area contributed by atoms with E-state index in [1.807, 2.05) is 0 Å². The largest absolute Gasteiger partial charge is 0.326 e. The van der Waals surface area contributed by atoms with Crippen LogP contribution in [0.5, 0.6) is 0 Å². The topological polar surface area (TPSA) is 46.2 Å². The standard InChI is InChI=1S/C10H8FNO2/c11-8-4-9-6(3-7(8)5-13)1-2-10(14)12-9/h3-5H,1-2H2,(H,12,14). The molecule has 1 aliphatic rings. The van der Waals surface area contributed by atoms with Crippen LogP contribution in [0.25, 0.3) is 0 Å². The van der Waals surface area contributed by atoms with Gasteiger partial charge < -0.3 is 5.32 Å². The number of benzene rings is 1. The summed E-state index contributed by atoms with van der Waals surface area (Å²) >= 11 is 0. The average Bonchev–Trinajstić information content (AvgIpc) is 2.16. The molecule has 0 spiro atoms. The summed E-state index contributed by atoms with van der Waals surface area (Å²) in [4.78, 5) is 21.4. The number of hydrogen-bond donors (Lipinski definition) is 1. The molecule has 1 aliphatic heterocycles. The first-order chi connectivity index (χ1) is 6.70. The number of halogens is 1. The molecule has 0 radical (unpaired) electrons. The Morgan fingerprint density at radius 3 is 2.86 bits per heavy atom. The molecular formula is C10H8FNO2. The molecule has 4 heteroatoms. The Balaban J connectivity index is 2.50. The second kappa shape index (κ2) is 3.21. The molecule has 1 N–H and O–H groups in total. The molecule has 0 aromatic heterocycles. The summed E-state index contributed by atoms with van der Waals surface area (Å²) in [6, 6.07) is 2.67. The Bertz CT molecular complexity index is 415. The second-order valence-corrected chi connectivity index (χ2v) is 3.20. The van der Waals surface area contributed by atoms with Crippen molar-refractivity contribution in [1.29, 1.82) is 0 Å². The van der Waals surface area contributed by atoms with Crippen molar-refractivity contribution in [3.8, 4) is 0 Å². The van der Waals surface area contributed by atoms with Crippen LogP contribution in [0.1, 0.15) is 22.3 Å². The van der Waals surface area contributed by atoms with E-state index in [1.165, 1.54) is 12.1 Å². The van der Waals surface area contributed by atoms with Crippen LogP contribution in [-0.2, 0) is 11.2 Å². The first kappa shape index (κ1) is 8.87. The van der Waals surface area contributed by atoms with Gasteiger partial charge in [0.1, 0.15) is 5.82 Å². The van der Waals surface area contributed by atoms with Gasteiger partial charge in [-0.05, 0) is 24.1 Å². The maximum atomic E-state index is 13.1. The molecule has 0 saturated heterocycles. The number of aryl methyl sites for hydroxylation is 1. The maximum absolute atomic E-state index is 13.1. The Morgan fingerprint density at radius 1 is 1.36 bits per heavy atom. The third-order valence-electron chi connectivity index (χ3n) is 2.24. The van der Waals surface area contributed by atoms with E-state index >= 15 is 0 Å². The number of carbonyl (C=O) groups excluding carboxylic acids is 2. The summed E-state index contributed by atoms with van der Waals surface area (Å²) in [5.41, 5.74) is 1.33. The third-order valence-corrected chi connectivity index (χ3v) is 2.24. The molecular weight excluding hydrogens is 185 g/mol. The Labute approximate surface area is 79.9 Å². The van der Waals surface area contributed by atoms with Crippen molar-refractivity contribution in [3.05, 3.63) is 29.1 Å². The van der Waals surface area contributed by atoms with Crippen molar-refractivity contribution in [2.75, 3.05) is 5.32 Å². The first-order valence-corrected chi connectivity index (χ1v) is 4.28. The molecule has 1 heterocycles. The van der Waals surface area contributed by atoms with Gasteiger partial charge >= 0.3 is 0 Å². The summed E-state index contributed by atoms with van der Waals surface area (Å²) in [7, 11) is 0. The number of rotatable bonds is 1. The number of aldehydes is 1. The molecule has 1 amide bonds. The summed E-state index contributed by atoms with van der Waals surface area (Å²) in [5.74, 6) is -0.711. The van der Waals surface area contributed by atoms with Gasteiger partial charge in [0, 0.05) is 12.1 Å². The monoisotopic (exact) mass is 193 g/mol. The van der Waals surface area contributed by atoms with Crippen LogP contribution in [0.4, 0.5) is 10.1 Å². The molecule has 72 valence electrons. The SMILES string of the molecule is O=Cc1cc2c(cc1F)NC(=O)CC2. The lowest BCUT2D eigenvalue weighted by Gasteiger charge is -2.16. The highest BCUT2D eigenvalue weighted by Crippen LogP contribution is 2.24. The van der Waals surface area contributed by atoms with E-state index in [9.17, 15) is 14.0 Å². The van der Waals surface area contributed by atoms with Crippen molar-refractivity contribution < 1.29 is 14.0 Å². The quantitative estimate of drug-likeness (QED) is 0.687. The first-order valence-electron chi connectivity index (χ1n) is 4.28. The van der Waals surface area contributed by atoms with Gasteiger partial charge in [0.25, 0.3) is 0 Å². The predicted molar refractivity (Wildman–Crippen MR) is 48.7 cm³/mol. The van der Waals surface area contributed by atoms with E-state index in [4.69, 9.17) is 0 Å². The fraction of sp³-hybridized carbons (Fsp3) is 0.200. The minimum atomic E-state index is -0.596. The van der Waals surface area contributed by atoms with Gasteiger partial charge in [-0.15, -0.1) is 0 Å². The van der Waals surface area contributed by atoms with E-state index in [-0.39, 0.29) is 11.5 Å². The molecule has 3 nitrogen and oxygen atoms in total. The van der Waals surface area contributed by atoms with Crippen molar-refractivity contribution in [3.63, 3.8) is 0 Å². The zero-order valence-corrected chi connectivity index (χ0v) is 7.34. The average molecular weight is 193 g/mol. The normalized spacial score (nSPS) is 14.5. The lowest BCUT2D eigenvalue weighted by atomic mass is 10.0. The van der Waals surface area contributed by atoms with Gasteiger partial charge in [0.2, 0.25) is 5.91 Å². The zero-order chi connectivity index (χ0) is 10.1. The minimum Gasteiger partial charge on any atom is -0.326 e. The third kappa shape index (κ3) is 1.39. The fourth-order valence-corrected chi connectivity index (χ4v) is 1.51. The summed E-state index contributed by atoms with van der Waals surface area (Å²) in [6.45, 7) is 0. The lowest BCUT2D eigenvalue weighted by Crippen LogP contribution is -2.19. The molecule has 14 heavy (non-hydrogen) atoms. The molecule has 0 fully saturated rings. The van der Waals surface area contributed by atoms with Crippen LogP contribution in [0.15, 0.2) is 12.1 Å². The van der Waals surface area contributed by atoms with E-state index < -0.39 is 5.82 Å². The van der Waals surface area contributed by atoms with Crippen molar-refractivity contribution in [2.45, 2.75) is 12.8 Å². The van der Waals surface area contributed by atoms with Crippen molar-refractivity contribution >= 4 is 17.9 Å². The Hall–Kier alpha value is -1.71. The van der Waals surface area contributed by atoms with Gasteiger partial charge in [-0.2, -0.15) is 0 Å². The predicted octanol–water partition coefficient (Wildman–Crippen LogP) is 1.52. The summed E-state index contributed by atoms with van der Waals surface area (Å²) in [6.07, 6.45) is 1.42. The van der Waals surface area contributed by atoms with Gasteiger partial charge in [-0.25, -0.2) is 4.39 Å². The minimum absolute atomic E-state index is 0.0416. The van der Waals surface area contributed by atoms with E-state index in [0.29, 0.717) is 24.8 Å². The molecule has 1 aromatic rings. The molecule has 0 saturated carbocycles. The van der Waals surface area contributed by atoms with Crippen LogP contribution in [-0.4, -0.2) is 12.2 Å². The van der Waals surface area contributed by atoms with Gasteiger partial charge in [-0.1, -0.05) is 0 Å². The Kier molecular flexibility index (Phi) is 2.04. The molecule has 1 aromatic carbocycles. The van der Waals surface area contributed by atoms with E-state index in [1.54, 1.807) is 0 Å². The highest BCUT2D eigenvalue weighted by Gasteiger charge is 2.16. The van der Waals surface area contributed by atoms with E-state index in [2.05, 4.69) is 5.32 Å². The van der Waals surface area contributed by atoms with Crippen LogP contribution in [0, 0.1) is 5.82 Å². The van der Waals surface area contributed by atoms with Crippen LogP contribution in [0.3, 0.4) is 0 Å². The number of amides is 1. The Morgan fingerprint density at radius 2 is 2.14 bits per heavy atom. The van der Waals surface area contributed by atoms with Crippen molar-refractivity contribution in [2.24, 2.45) is 0 Å². The highest BCUT2D eigenvalue weighted by atomic mass is 19.1. The zero-order valence-electron chi connectivity index (χ0n) is 7.34. The number of carbonyl (C=O) groups is 2. The maximum Gasteiger partial charge on any atom is 0.224 e. The number of hydrogen-bond acceptors (Lipinski definition) is 2. The molecule has 2 rings (SSSR count). The molecule has 0 aliphatic carbocycles. The van der Waals surface area contributed by atoms with Gasteiger partial charge in [0.05, 0.1) is 5.56 Å². The molecule has 0 unspecified atom stereocenters. The van der Waals surface area contributed by atoms with Gasteiger partial charge in [-0.3, -0.25) is 9.59 Å². The highest BCUT2D eigenvalue weighted by molar-refractivity contribution is 5.94. The fourth-order valence-electron chi connectivity index (χ4n) is 1.51. The van der Waals surface area contributed by atoms with Crippen molar-refractivity contribution in [1.82, 2.24) is 0 Å². The molecule has 0 bridgehead atoms. The number of nitrogens with one attached hydrogen (secondary N) is 1. The lowest BCUT2D eigenvalue weighted by molar-refractivity contribution is -0.116. The number of anilines is 1. The summed E-state index contributed by atoms with van der Waals surface area (Å²) in [5, 5.41) is 2.56. The summed E-state index contributed by atoms with van der Waals surface area (Å²) < 4.78 is 13.1. The van der Waals surface area contributed by atoms with Crippen LogP contribution < -0.4 is 5.32 Å². The van der Waals surface area contributed by atoms with Gasteiger partial charge in [0.15, 0.2) is 6.29 Å². The van der Waals surface area contributed by atoms with Crippen LogP contribution >= 0.6 is 0 Å². The van der Waals surface area contributed by atoms with Crippen LogP contribution in [0.2, 0.25) is 0 Å². The second-order valence-electron chi connectivity index (χ2n) is 3.20. The smallest absolute Gasteiger partial charge is 0.224 e.